The summed E-state index contributed by atoms with van der Waals surface area (Å²) in [4.78, 5) is 25.0. The Morgan fingerprint density at radius 1 is 1.04 bits per heavy atom. The third-order valence-corrected chi connectivity index (χ3v) is 4.44. The number of hydrogen-bond donors (Lipinski definition) is 0. The molecule has 1 aliphatic heterocycles. The van der Waals surface area contributed by atoms with E-state index in [-0.39, 0.29) is 11.8 Å². The van der Waals surface area contributed by atoms with Crippen LogP contribution in [0.5, 0.6) is 0 Å². The zero-order chi connectivity index (χ0) is 17.8. The van der Waals surface area contributed by atoms with Crippen molar-refractivity contribution in [2.24, 2.45) is 0 Å². The molecule has 0 spiro atoms. The van der Waals surface area contributed by atoms with Crippen molar-refractivity contribution in [1.82, 2.24) is 24.9 Å². The molecule has 0 bridgehead atoms. The molecule has 0 N–H and O–H groups in total. The van der Waals surface area contributed by atoms with Gasteiger partial charge in [-0.1, -0.05) is 35.5 Å². The van der Waals surface area contributed by atoms with Crippen molar-refractivity contribution >= 4 is 5.91 Å². The number of amides is 1. The standard InChI is InChI=1S/C19H19N5O2/c25-19(18-21-17(22-26-18)16-7-4-8-20-13-16)24-11-9-23(10-12-24)14-15-5-2-1-3-6-15/h1-8,13H,9-12,14H2. The van der Waals surface area contributed by atoms with Crippen LogP contribution in [0.2, 0.25) is 0 Å². The Labute approximate surface area is 151 Å². The van der Waals surface area contributed by atoms with E-state index in [1.165, 1.54) is 5.56 Å². The molecule has 0 unspecified atom stereocenters. The fourth-order valence-electron chi connectivity index (χ4n) is 3.01. The number of pyridine rings is 1. The number of rotatable bonds is 4. The van der Waals surface area contributed by atoms with Crippen LogP contribution in [0.3, 0.4) is 0 Å². The molecule has 3 aromatic rings. The lowest BCUT2D eigenvalue weighted by molar-refractivity contribution is 0.0581. The monoisotopic (exact) mass is 349 g/mol. The van der Waals surface area contributed by atoms with E-state index in [1.807, 2.05) is 24.3 Å². The van der Waals surface area contributed by atoms with Crippen molar-refractivity contribution in [3.05, 3.63) is 66.3 Å². The van der Waals surface area contributed by atoms with E-state index in [0.717, 1.165) is 25.2 Å². The second-order valence-electron chi connectivity index (χ2n) is 6.22. The first-order valence-electron chi connectivity index (χ1n) is 8.59. The number of nitrogens with zero attached hydrogens (tertiary/aromatic N) is 5. The summed E-state index contributed by atoms with van der Waals surface area (Å²) in [5.74, 6) is 0.191. The highest BCUT2D eigenvalue weighted by Gasteiger charge is 2.26. The van der Waals surface area contributed by atoms with Crippen LogP contribution in [0.25, 0.3) is 11.4 Å². The van der Waals surface area contributed by atoms with Gasteiger partial charge in [0, 0.05) is 50.7 Å². The molecule has 7 heteroatoms. The second kappa shape index (κ2) is 7.45. The fourth-order valence-corrected chi connectivity index (χ4v) is 3.01. The first-order valence-corrected chi connectivity index (χ1v) is 8.59. The van der Waals surface area contributed by atoms with Crippen molar-refractivity contribution in [3.63, 3.8) is 0 Å². The molecule has 0 atom stereocenters. The Morgan fingerprint density at radius 3 is 2.58 bits per heavy atom. The summed E-state index contributed by atoms with van der Waals surface area (Å²) in [6.07, 6.45) is 3.31. The molecule has 1 amide bonds. The van der Waals surface area contributed by atoms with E-state index in [1.54, 1.807) is 23.4 Å². The summed E-state index contributed by atoms with van der Waals surface area (Å²) < 4.78 is 5.16. The second-order valence-corrected chi connectivity index (χ2v) is 6.22. The predicted molar refractivity (Wildman–Crippen MR) is 95.2 cm³/mol. The maximum atomic E-state index is 12.6. The third kappa shape index (κ3) is 3.62. The lowest BCUT2D eigenvalue weighted by atomic mass is 10.2. The SMILES string of the molecule is O=C(c1nc(-c2cccnc2)no1)N1CCN(Cc2ccccc2)CC1. The van der Waals surface area contributed by atoms with Gasteiger partial charge in [0.05, 0.1) is 0 Å². The van der Waals surface area contributed by atoms with Gasteiger partial charge in [-0.25, -0.2) is 0 Å². The molecule has 0 saturated carbocycles. The molecule has 26 heavy (non-hydrogen) atoms. The van der Waals surface area contributed by atoms with Crippen molar-refractivity contribution in [3.8, 4) is 11.4 Å². The number of aromatic nitrogens is 3. The molecule has 0 radical (unpaired) electrons. The number of carbonyl (C=O) groups excluding carboxylic acids is 1. The first-order chi connectivity index (χ1) is 12.8. The Kier molecular flexibility index (Phi) is 4.70. The lowest BCUT2D eigenvalue weighted by Crippen LogP contribution is -2.48. The maximum Gasteiger partial charge on any atom is 0.316 e. The van der Waals surface area contributed by atoms with Gasteiger partial charge < -0.3 is 9.42 Å². The highest BCUT2D eigenvalue weighted by molar-refractivity contribution is 5.90. The molecular weight excluding hydrogens is 330 g/mol. The molecular formula is C19H19N5O2. The van der Waals surface area contributed by atoms with Crippen molar-refractivity contribution in [2.45, 2.75) is 6.54 Å². The van der Waals surface area contributed by atoms with Crippen LogP contribution in [0, 0.1) is 0 Å². The van der Waals surface area contributed by atoms with E-state index in [4.69, 9.17) is 4.52 Å². The molecule has 2 aromatic heterocycles. The van der Waals surface area contributed by atoms with Crippen molar-refractivity contribution < 1.29 is 9.32 Å². The van der Waals surface area contributed by atoms with Crippen LogP contribution in [0.15, 0.2) is 59.4 Å². The fraction of sp³-hybridized carbons (Fsp3) is 0.263. The van der Waals surface area contributed by atoms with Gasteiger partial charge in [-0.05, 0) is 17.7 Å². The molecule has 4 rings (SSSR count). The van der Waals surface area contributed by atoms with Crippen molar-refractivity contribution in [1.29, 1.82) is 0 Å². The van der Waals surface area contributed by atoms with Gasteiger partial charge in [-0.2, -0.15) is 4.98 Å². The first kappa shape index (κ1) is 16.4. The summed E-state index contributed by atoms with van der Waals surface area (Å²) in [6, 6.07) is 14.0. The Bertz CT molecular complexity index is 858. The van der Waals surface area contributed by atoms with Crippen LogP contribution >= 0.6 is 0 Å². The smallest absolute Gasteiger partial charge is 0.316 e. The van der Waals surface area contributed by atoms with E-state index in [2.05, 4.69) is 32.2 Å². The third-order valence-electron chi connectivity index (χ3n) is 4.44. The molecule has 1 aliphatic rings. The summed E-state index contributed by atoms with van der Waals surface area (Å²) >= 11 is 0. The van der Waals surface area contributed by atoms with Gasteiger partial charge in [-0.3, -0.25) is 14.7 Å². The van der Waals surface area contributed by atoms with Crippen LogP contribution in [0.1, 0.15) is 16.2 Å². The summed E-state index contributed by atoms with van der Waals surface area (Å²) in [6.45, 7) is 3.84. The highest BCUT2D eigenvalue weighted by atomic mass is 16.5. The average molecular weight is 349 g/mol. The van der Waals surface area contributed by atoms with Crippen LogP contribution < -0.4 is 0 Å². The quantitative estimate of drug-likeness (QED) is 0.718. The minimum Gasteiger partial charge on any atom is -0.332 e. The molecule has 0 aliphatic carbocycles. The lowest BCUT2D eigenvalue weighted by Gasteiger charge is -2.33. The zero-order valence-corrected chi connectivity index (χ0v) is 14.3. The summed E-state index contributed by atoms with van der Waals surface area (Å²) in [7, 11) is 0. The highest BCUT2D eigenvalue weighted by Crippen LogP contribution is 2.16. The Hall–Kier alpha value is -3.06. The van der Waals surface area contributed by atoms with Crippen LogP contribution in [0.4, 0.5) is 0 Å². The molecule has 1 aromatic carbocycles. The minimum absolute atomic E-state index is 0.0281. The minimum atomic E-state index is -0.216. The van der Waals surface area contributed by atoms with Gasteiger partial charge >= 0.3 is 11.8 Å². The molecule has 1 saturated heterocycles. The number of benzene rings is 1. The maximum absolute atomic E-state index is 12.6. The molecule has 3 heterocycles. The topological polar surface area (TPSA) is 75.4 Å². The average Bonchev–Trinajstić information content (AvgIpc) is 3.20. The Balaban J connectivity index is 1.36. The van der Waals surface area contributed by atoms with E-state index >= 15 is 0 Å². The molecule has 132 valence electrons. The zero-order valence-electron chi connectivity index (χ0n) is 14.3. The van der Waals surface area contributed by atoms with E-state index < -0.39 is 0 Å². The van der Waals surface area contributed by atoms with Crippen LogP contribution in [-0.4, -0.2) is 57.0 Å². The van der Waals surface area contributed by atoms with Gasteiger partial charge in [0.2, 0.25) is 5.82 Å². The van der Waals surface area contributed by atoms with Gasteiger partial charge in [0.25, 0.3) is 0 Å². The number of carbonyl (C=O) groups is 1. The largest absolute Gasteiger partial charge is 0.332 e. The summed E-state index contributed by atoms with van der Waals surface area (Å²) in [5.41, 5.74) is 2.01. The van der Waals surface area contributed by atoms with Crippen molar-refractivity contribution in [2.75, 3.05) is 26.2 Å². The normalized spacial score (nSPS) is 15.2. The van der Waals surface area contributed by atoms with Crippen LogP contribution in [-0.2, 0) is 6.54 Å². The summed E-state index contributed by atoms with van der Waals surface area (Å²) in [5, 5.41) is 3.89. The van der Waals surface area contributed by atoms with E-state index in [0.29, 0.717) is 18.9 Å². The number of piperazine rings is 1. The molecule has 1 fully saturated rings. The number of hydrogen-bond acceptors (Lipinski definition) is 6. The van der Waals surface area contributed by atoms with Gasteiger partial charge in [0.15, 0.2) is 0 Å². The Morgan fingerprint density at radius 2 is 1.85 bits per heavy atom. The van der Waals surface area contributed by atoms with E-state index in [9.17, 15) is 4.79 Å². The molecule has 7 nitrogen and oxygen atoms in total. The predicted octanol–water partition coefficient (Wildman–Crippen LogP) is 2.09. The van der Waals surface area contributed by atoms with Gasteiger partial charge in [0.1, 0.15) is 0 Å². The van der Waals surface area contributed by atoms with Gasteiger partial charge in [-0.15, -0.1) is 0 Å².